The number of halogens is 1. The van der Waals surface area contributed by atoms with Gasteiger partial charge in [-0.25, -0.2) is 4.79 Å². The normalized spacial score (nSPS) is 10.0. The maximum absolute atomic E-state index is 11.8. The Hall–Kier alpha value is -2.54. The second-order valence-corrected chi connectivity index (χ2v) is 5.12. The summed E-state index contributed by atoms with van der Waals surface area (Å²) < 4.78 is 5.05. The number of amides is 2. The van der Waals surface area contributed by atoms with Crippen molar-refractivity contribution in [2.45, 2.75) is 6.92 Å². The van der Waals surface area contributed by atoms with Gasteiger partial charge >= 0.3 is 6.03 Å². The molecule has 1 aromatic heterocycles. The summed E-state index contributed by atoms with van der Waals surface area (Å²) in [5.41, 5.74) is 1.44. The molecule has 0 unspecified atom stereocenters. The molecule has 1 aromatic carbocycles. The maximum atomic E-state index is 11.8. The van der Waals surface area contributed by atoms with Crippen LogP contribution < -0.4 is 20.7 Å². The van der Waals surface area contributed by atoms with Gasteiger partial charge in [0.05, 0.1) is 17.8 Å². The van der Waals surface area contributed by atoms with Gasteiger partial charge in [0.25, 0.3) is 0 Å². The summed E-state index contributed by atoms with van der Waals surface area (Å²) in [6, 6.07) is 8.41. The van der Waals surface area contributed by atoms with Crippen LogP contribution in [-0.4, -0.2) is 36.4 Å². The molecule has 122 valence electrons. The van der Waals surface area contributed by atoms with Crippen molar-refractivity contribution < 1.29 is 9.53 Å². The number of nitrogens with one attached hydrogen (secondary N) is 3. The lowest BCUT2D eigenvalue weighted by atomic mass is 10.3. The summed E-state index contributed by atoms with van der Waals surface area (Å²) in [4.78, 5) is 11.8. The molecule has 0 saturated carbocycles. The zero-order valence-electron chi connectivity index (χ0n) is 12.9. The Balaban J connectivity index is 1.72. The van der Waals surface area contributed by atoms with E-state index in [2.05, 4.69) is 26.1 Å². The molecule has 23 heavy (non-hydrogen) atoms. The lowest BCUT2D eigenvalue weighted by Crippen LogP contribution is -2.32. The van der Waals surface area contributed by atoms with Crippen LogP contribution in [-0.2, 0) is 0 Å². The average Bonchev–Trinajstić information content (AvgIpc) is 2.53. The molecule has 2 rings (SSSR count). The molecule has 0 aliphatic carbocycles. The smallest absolute Gasteiger partial charge is 0.319 e. The number of rotatable bonds is 6. The van der Waals surface area contributed by atoms with Crippen LogP contribution in [0.25, 0.3) is 0 Å². The Morgan fingerprint density at radius 2 is 2.04 bits per heavy atom. The minimum Gasteiger partial charge on any atom is -0.495 e. The van der Waals surface area contributed by atoms with Crippen LogP contribution in [0.4, 0.5) is 16.3 Å². The minimum absolute atomic E-state index is 0.317. The molecule has 7 nitrogen and oxygen atoms in total. The van der Waals surface area contributed by atoms with E-state index in [4.69, 9.17) is 16.3 Å². The highest BCUT2D eigenvalue weighted by molar-refractivity contribution is 6.32. The van der Waals surface area contributed by atoms with Crippen molar-refractivity contribution in [3.8, 4) is 5.75 Å². The number of ether oxygens (including phenoxy) is 1. The molecule has 0 spiro atoms. The molecule has 0 aliphatic heterocycles. The topological polar surface area (TPSA) is 88.2 Å². The van der Waals surface area contributed by atoms with E-state index in [-0.39, 0.29) is 6.03 Å². The van der Waals surface area contributed by atoms with Gasteiger partial charge in [0.15, 0.2) is 0 Å². The van der Waals surface area contributed by atoms with E-state index in [1.54, 1.807) is 18.2 Å². The molecule has 0 fully saturated rings. The van der Waals surface area contributed by atoms with Gasteiger partial charge in [0.2, 0.25) is 0 Å². The van der Waals surface area contributed by atoms with Crippen LogP contribution in [0.15, 0.2) is 30.3 Å². The van der Waals surface area contributed by atoms with Crippen LogP contribution >= 0.6 is 11.6 Å². The fraction of sp³-hybridized carbons (Fsp3) is 0.267. The number of methoxy groups -OCH3 is 1. The second-order valence-electron chi connectivity index (χ2n) is 4.72. The van der Waals surface area contributed by atoms with Gasteiger partial charge in [-0.15, -0.1) is 5.10 Å². The standard InChI is InChI=1S/C15H18ClN5O2/c1-10-3-6-14(21-20-10)17-7-8-18-15(22)19-11-4-5-13(23-2)12(16)9-11/h3-6,9H,7-8H2,1-2H3,(H,17,21)(H2,18,19,22). The van der Waals surface area contributed by atoms with Gasteiger partial charge in [0.1, 0.15) is 11.6 Å². The lowest BCUT2D eigenvalue weighted by molar-refractivity contribution is 0.252. The number of aryl methyl sites for hydroxylation is 1. The SMILES string of the molecule is COc1ccc(NC(=O)NCCNc2ccc(C)nn2)cc1Cl. The predicted octanol–water partition coefficient (Wildman–Crippen LogP) is 2.68. The molecular weight excluding hydrogens is 318 g/mol. The van der Waals surface area contributed by atoms with E-state index in [0.717, 1.165) is 5.69 Å². The summed E-state index contributed by atoms with van der Waals surface area (Å²) in [6.07, 6.45) is 0. The van der Waals surface area contributed by atoms with Crippen molar-refractivity contribution in [2.24, 2.45) is 0 Å². The molecule has 3 N–H and O–H groups in total. The molecule has 0 saturated heterocycles. The zero-order valence-corrected chi connectivity index (χ0v) is 13.6. The quantitative estimate of drug-likeness (QED) is 0.706. The fourth-order valence-electron chi connectivity index (χ4n) is 1.78. The molecule has 8 heteroatoms. The van der Waals surface area contributed by atoms with E-state index in [9.17, 15) is 4.79 Å². The van der Waals surface area contributed by atoms with Gasteiger partial charge < -0.3 is 20.7 Å². The number of nitrogens with zero attached hydrogens (tertiary/aromatic N) is 2. The molecule has 0 radical (unpaired) electrons. The highest BCUT2D eigenvalue weighted by Gasteiger charge is 2.05. The summed E-state index contributed by atoms with van der Waals surface area (Å²) in [7, 11) is 1.53. The van der Waals surface area contributed by atoms with Gasteiger partial charge in [-0.2, -0.15) is 5.10 Å². The molecule has 2 amide bonds. The number of aromatic nitrogens is 2. The van der Waals surface area contributed by atoms with E-state index in [1.807, 2.05) is 19.1 Å². The van der Waals surface area contributed by atoms with E-state index in [0.29, 0.717) is 35.4 Å². The number of carbonyl (C=O) groups excluding carboxylic acids is 1. The first-order chi connectivity index (χ1) is 11.1. The minimum atomic E-state index is -0.317. The number of benzene rings is 1. The molecule has 0 atom stereocenters. The Morgan fingerprint density at radius 1 is 1.22 bits per heavy atom. The van der Waals surface area contributed by atoms with Gasteiger partial charge in [-0.1, -0.05) is 11.6 Å². The van der Waals surface area contributed by atoms with Crippen LogP contribution in [0.5, 0.6) is 5.75 Å². The number of carbonyl (C=O) groups is 1. The first-order valence-electron chi connectivity index (χ1n) is 7.01. The Morgan fingerprint density at radius 3 is 2.70 bits per heavy atom. The van der Waals surface area contributed by atoms with Crippen molar-refractivity contribution in [1.82, 2.24) is 15.5 Å². The second kappa shape index (κ2) is 8.19. The summed E-state index contributed by atoms with van der Waals surface area (Å²) >= 11 is 6.00. The first-order valence-corrected chi connectivity index (χ1v) is 7.39. The fourth-order valence-corrected chi connectivity index (χ4v) is 2.04. The third-order valence-electron chi connectivity index (χ3n) is 2.92. The van der Waals surface area contributed by atoms with E-state index >= 15 is 0 Å². The Bertz CT molecular complexity index is 663. The Kier molecular flexibility index (Phi) is 5.99. The van der Waals surface area contributed by atoms with E-state index in [1.165, 1.54) is 7.11 Å². The van der Waals surface area contributed by atoms with Crippen LogP contribution in [0.1, 0.15) is 5.69 Å². The van der Waals surface area contributed by atoms with Crippen molar-refractivity contribution >= 4 is 29.1 Å². The van der Waals surface area contributed by atoms with Gasteiger partial charge in [-0.3, -0.25) is 0 Å². The number of hydrogen-bond donors (Lipinski definition) is 3. The van der Waals surface area contributed by atoms with Crippen LogP contribution in [0.2, 0.25) is 5.02 Å². The lowest BCUT2D eigenvalue weighted by Gasteiger charge is -2.10. The predicted molar refractivity (Wildman–Crippen MR) is 90.3 cm³/mol. The van der Waals surface area contributed by atoms with Gasteiger partial charge in [0, 0.05) is 18.8 Å². The molecule has 0 bridgehead atoms. The third-order valence-corrected chi connectivity index (χ3v) is 3.22. The molecule has 0 aliphatic rings. The summed E-state index contributed by atoms with van der Waals surface area (Å²) in [6.45, 7) is 2.84. The average molecular weight is 336 g/mol. The van der Waals surface area contributed by atoms with Crippen molar-refractivity contribution in [3.63, 3.8) is 0 Å². The highest BCUT2D eigenvalue weighted by atomic mass is 35.5. The number of hydrogen-bond acceptors (Lipinski definition) is 5. The summed E-state index contributed by atoms with van der Waals surface area (Å²) in [5.74, 6) is 1.22. The number of anilines is 2. The van der Waals surface area contributed by atoms with Crippen LogP contribution in [0.3, 0.4) is 0 Å². The third kappa shape index (κ3) is 5.30. The summed E-state index contributed by atoms with van der Waals surface area (Å²) in [5, 5.41) is 16.8. The largest absolute Gasteiger partial charge is 0.495 e. The first kappa shape index (κ1) is 16.8. The van der Waals surface area contributed by atoms with Crippen molar-refractivity contribution in [1.29, 1.82) is 0 Å². The van der Waals surface area contributed by atoms with Crippen molar-refractivity contribution in [2.75, 3.05) is 30.8 Å². The monoisotopic (exact) mass is 335 g/mol. The number of urea groups is 1. The van der Waals surface area contributed by atoms with Gasteiger partial charge in [-0.05, 0) is 37.3 Å². The van der Waals surface area contributed by atoms with Crippen LogP contribution in [0, 0.1) is 6.92 Å². The maximum Gasteiger partial charge on any atom is 0.319 e. The Labute approximate surface area is 139 Å². The van der Waals surface area contributed by atoms with E-state index < -0.39 is 0 Å². The highest BCUT2D eigenvalue weighted by Crippen LogP contribution is 2.27. The zero-order chi connectivity index (χ0) is 16.7. The molecule has 1 heterocycles. The molecule has 2 aromatic rings. The molecular formula is C15H18ClN5O2. The van der Waals surface area contributed by atoms with Crippen molar-refractivity contribution in [3.05, 3.63) is 41.0 Å².